The van der Waals surface area contributed by atoms with E-state index >= 15 is 0 Å². The van der Waals surface area contributed by atoms with Gasteiger partial charge in [-0.05, 0) is 42.2 Å². The van der Waals surface area contributed by atoms with Gasteiger partial charge in [0, 0.05) is 36.6 Å². The van der Waals surface area contributed by atoms with E-state index in [9.17, 15) is 4.79 Å². The Morgan fingerprint density at radius 1 is 1.31 bits per heavy atom. The molecule has 1 aromatic heterocycles. The monoisotopic (exact) mass is 354 g/mol. The quantitative estimate of drug-likeness (QED) is 0.767. The molecule has 1 aromatic carbocycles. The number of fused-ring (bicyclic) bond motifs is 4. The smallest absolute Gasteiger partial charge is 0.407 e. The minimum absolute atomic E-state index is 0.0192. The Bertz CT molecular complexity index is 763. The number of rotatable bonds is 2. The molecule has 2 heterocycles. The van der Waals surface area contributed by atoms with Gasteiger partial charge in [0.1, 0.15) is 0 Å². The lowest BCUT2D eigenvalue weighted by atomic mass is 9.98. The Balaban J connectivity index is 1.92. The van der Waals surface area contributed by atoms with Crippen molar-refractivity contribution in [3.63, 3.8) is 0 Å². The van der Waals surface area contributed by atoms with Crippen molar-refractivity contribution < 1.29 is 9.53 Å². The Morgan fingerprint density at radius 2 is 2.19 bits per heavy atom. The second-order valence-electron chi connectivity index (χ2n) is 6.58. The van der Waals surface area contributed by atoms with Crippen molar-refractivity contribution in [2.45, 2.75) is 38.3 Å². The molecule has 6 nitrogen and oxygen atoms in total. The highest BCUT2D eigenvalue weighted by Crippen LogP contribution is 2.31. The maximum atomic E-state index is 11.3. The third-order valence-electron chi connectivity index (χ3n) is 4.69. The summed E-state index contributed by atoms with van der Waals surface area (Å²) in [5, 5.41) is 6.27. The molecular weight excluding hydrogens is 328 g/mol. The average molecular weight is 354 g/mol. The summed E-state index contributed by atoms with van der Waals surface area (Å²) in [4.78, 5) is 15.8. The van der Waals surface area contributed by atoms with E-state index in [1.165, 1.54) is 7.11 Å². The number of amides is 1. The molecule has 0 fully saturated rings. The van der Waals surface area contributed by atoms with Gasteiger partial charge in [0.05, 0.1) is 12.8 Å². The van der Waals surface area contributed by atoms with E-state index in [0.717, 1.165) is 60.3 Å². The Labute approximate surface area is 154 Å². The molecule has 138 valence electrons. The number of aromatic nitrogens is 1. The second kappa shape index (κ2) is 8.67. The number of ether oxygens (including phenoxy) is 1. The molecule has 3 rings (SSSR count). The van der Waals surface area contributed by atoms with Crippen LogP contribution in [0.25, 0.3) is 11.1 Å². The zero-order valence-electron chi connectivity index (χ0n) is 15.1. The fourth-order valence-electron chi connectivity index (χ4n) is 3.20. The van der Waals surface area contributed by atoms with Crippen LogP contribution >= 0.6 is 0 Å². The normalized spacial score (nSPS) is 17.1. The van der Waals surface area contributed by atoms with Crippen LogP contribution < -0.4 is 16.4 Å². The summed E-state index contributed by atoms with van der Waals surface area (Å²) < 4.78 is 4.63. The molecule has 0 radical (unpaired) electrons. The standard InChI is InChI=1S/C20H26N4O2/c1-26-20(25)24-13-14-6-7-16-15-8-10-23-19(12-15)17(21)5-3-2-4-9-22-18(16)11-14/h6-8,10-12,17,22H,2-5,9,13,21H2,1H3,(H,24,25)/t17-/m0/s1. The van der Waals surface area contributed by atoms with E-state index in [1.54, 1.807) is 0 Å². The van der Waals surface area contributed by atoms with Gasteiger partial charge in [-0.3, -0.25) is 4.98 Å². The summed E-state index contributed by atoms with van der Waals surface area (Å²) in [6.45, 7) is 1.34. The Hall–Kier alpha value is -2.60. The van der Waals surface area contributed by atoms with E-state index in [-0.39, 0.29) is 6.04 Å². The van der Waals surface area contributed by atoms with Crippen LogP contribution in [0, 0.1) is 0 Å². The molecule has 26 heavy (non-hydrogen) atoms. The van der Waals surface area contributed by atoms with Crippen LogP contribution in [0.15, 0.2) is 36.5 Å². The van der Waals surface area contributed by atoms with Crippen LogP contribution in [0.5, 0.6) is 0 Å². The molecule has 0 saturated heterocycles. The summed E-state index contributed by atoms with van der Waals surface area (Å²) in [5.41, 5.74) is 11.5. The van der Waals surface area contributed by atoms with Gasteiger partial charge in [0.25, 0.3) is 0 Å². The Morgan fingerprint density at radius 3 is 3.04 bits per heavy atom. The van der Waals surface area contributed by atoms with Crippen LogP contribution in [0.4, 0.5) is 10.5 Å². The van der Waals surface area contributed by atoms with Crippen LogP contribution in [-0.2, 0) is 11.3 Å². The number of hydrogen-bond donors (Lipinski definition) is 3. The van der Waals surface area contributed by atoms with Gasteiger partial charge < -0.3 is 21.1 Å². The van der Waals surface area contributed by atoms with E-state index in [1.807, 2.05) is 18.3 Å². The van der Waals surface area contributed by atoms with Gasteiger partial charge in [-0.1, -0.05) is 25.0 Å². The number of benzene rings is 1. The number of nitrogens with two attached hydrogens (primary N) is 1. The number of hydrogen-bond acceptors (Lipinski definition) is 5. The van der Waals surface area contributed by atoms with E-state index in [2.05, 4.69) is 38.6 Å². The minimum Gasteiger partial charge on any atom is -0.453 e. The molecule has 1 amide bonds. The first kappa shape index (κ1) is 18.2. The SMILES string of the molecule is COC(=O)NCc1ccc2c(c1)NCCCCC[C@H](N)c1cc-2ccn1. The molecule has 4 N–H and O–H groups in total. The summed E-state index contributed by atoms with van der Waals surface area (Å²) in [7, 11) is 1.36. The first-order valence-corrected chi connectivity index (χ1v) is 9.08. The second-order valence-corrected chi connectivity index (χ2v) is 6.58. The molecule has 0 aliphatic carbocycles. The molecule has 1 aliphatic rings. The zero-order valence-corrected chi connectivity index (χ0v) is 15.1. The number of carbonyl (C=O) groups is 1. The number of carbonyl (C=O) groups excluding carboxylic acids is 1. The highest BCUT2D eigenvalue weighted by atomic mass is 16.5. The van der Waals surface area contributed by atoms with Gasteiger partial charge >= 0.3 is 6.09 Å². The maximum Gasteiger partial charge on any atom is 0.407 e. The molecule has 2 bridgehead atoms. The summed E-state index contributed by atoms with van der Waals surface area (Å²) >= 11 is 0. The van der Waals surface area contributed by atoms with Gasteiger partial charge in [-0.15, -0.1) is 0 Å². The predicted octanol–water partition coefficient (Wildman–Crippen LogP) is 3.59. The lowest BCUT2D eigenvalue weighted by Gasteiger charge is -2.18. The van der Waals surface area contributed by atoms with Crippen molar-refractivity contribution in [3.8, 4) is 11.1 Å². The molecule has 6 heteroatoms. The molecule has 0 saturated carbocycles. The first-order valence-electron chi connectivity index (χ1n) is 9.08. The number of anilines is 1. The van der Waals surface area contributed by atoms with Crippen LogP contribution in [-0.4, -0.2) is 24.7 Å². The maximum absolute atomic E-state index is 11.3. The molecule has 1 atom stereocenters. The van der Waals surface area contributed by atoms with Crippen molar-refractivity contribution in [1.29, 1.82) is 0 Å². The van der Waals surface area contributed by atoms with Crippen molar-refractivity contribution in [2.75, 3.05) is 19.0 Å². The Kier molecular flexibility index (Phi) is 6.07. The van der Waals surface area contributed by atoms with Crippen molar-refractivity contribution >= 4 is 11.8 Å². The van der Waals surface area contributed by atoms with Crippen LogP contribution in [0.2, 0.25) is 0 Å². The fourth-order valence-corrected chi connectivity index (χ4v) is 3.20. The van der Waals surface area contributed by atoms with Gasteiger partial charge in [0.15, 0.2) is 0 Å². The molecular formula is C20H26N4O2. The molecule has 2 aromatic rings. The summed E-state index contributed by atoms with van der Waals surface area (Å²) in [5.74, 6) is 0. The van der Waals surface area contributed by atoms with E-state index in [4.69, 9.17) is 5.73 Å². The molecule has 0 unspecified atom stereocenters. The lowest BCUT2D eigenvalue weighted by Crippen LogP contribution is -2.22. The largest absolute Gasteiger partial charge is 0.453 e. The molecule has 1 aliphatic heterocycles. The highest BCUT2D eigenvalue weighted by molar-refractivity contribution is 5.78. The fraction of sp³-hybridized carbons (Fsp3) is 0.400. The summed E-state index contributed by atoms with van der Waals surface area (Å²) in [6, 6.07) is 10.2. The average Bonchev–Trinajstić information content (AvgIpc) is 2.68. The third kappa shape index (κ3) is 4.52. The van der Waals surface area contributed by atoms with Crippen LogP contribution in [0.1, 0.15) is 43.0 Å². The number of nitrogens with one attached hydrogen (secondary N) is 2. The highest BCUT2D eigenvalue weighted by Gasteiger charge is 2.13. The zero-order chi connectivity index (χ0) is 18.4. The summed E-state index contributed by atoms with van der Waals surface area (Å²) in [6.07, 6.45) is 5.69. The lowest BCUT2D eigenvalue weighted by molar-refractivity contribution is 0.170. The van der Waals surface area contributed by atoms with Gasteiger partial charge in [-0.25, -0.2) is 4.79 Å². The first-order chi connectivity index (χ1) is 12.7. The van der Waals surface area contributed by atoms with Gasteiger partial charge in [0.2, 0.25) is 0 Å². The minimum atomic E-state index is -0.432. The number of methoxy groups -OCH3 is 1. The predicted molar refractivity (Wildman–Crippen MR) is 103 cm³/mol. The topological polar surface area (TPSA) is 89.3 Å². The van der Waals surface area contributed by atoms with Gasteiger partial charge in [-0.2, -0.15) is 0 Å². The number of nitrogens with zero attached hydrogens (tertiary/aromatic N) is 1. The third-order valence-corrected chi connectivity index (χ3v) is 4.69. The van der Waals surface area contributed by atoms with Crippen molar-refractivity contribution in [2.24, 2.45) is 5.73 Å². The van der Waals surface area contributed by atoms with Crippen molar-refractivity contribution in [3.05, 3.63) is 47.8 Å². The number of alkyl carbamates (subject to hydrolysis) is 1. The molecule has 0 spiro atoms. The van der Waals surface area contributed by atoms with Crippen molar-refractivity contribution in [1.82, 2.24) is 10.3 Å². The number of pyridine rings is 1. The van der Waals surface area contributed by atoms with Crippen LogP contribution in [0.3, 0.4) is 0 Å². The van der Waals surface area contributed by atoms with E-state index < -0.39 is 6.09 Å². The van der Waals surface area contributed by atoms with E-state index in [0.29, 0.717) is 6.54 Å².